The Morgan fingerprint density at radius 1 is 1.53 bits per heavy atom. The number of benzene rings is 1. The molecule has 3 nitrogen and oxygen atoms in total. The highest BCUT2D eigenvalue weighted by atomic mass is 79.9. The monoisotopic (exact) mass is 297 g/mol. The topological polar surface area (TPSA) is 40.7 Å². The zero-order valence-electron chi connectivity index (χ0n) is 9.37. The standard InChI is InChI=1S/C12H13BrFN3/c1-8(15-5-9-6-16-17-7-9)10-2-3-12(14)11(13)4-10/h2-4,6-8,15H,5H2,1H3,(H,16,17). The summed E-state index contributed by atoms with van der Waals surface area (Å²) < 4.78 is 13.6. The summed E-state index contributed by atoms with van der Waals surface area (Å²) in [6, 6.07) is 5.20. The summed E-state index contributed by atoms with van der Waals surface area (Å²) in [6.45, 7) is 2.77. The first-order chi connectivity index (χ1) is 8.16. The van der Waals surface area contributed by atoms with Gasteiger partial charge in [0.25, 0.3) is 0 Å². The van der Waals surface area contributed by atoms with E-state index in [1.807, 2.05) is 13.1 Å². The molecule has 0 aliphatic rings. The number of aromatic amines is 1. The van der Waals surface area contributed by atoms with E-state index in [4.69, 9.17) is 0 Å². The Hall–Kier alpha value is -1.20. The van der Waals surface area contributed by atoms with Crippen LogP contribution in [0.25, 0.3) is 0 Å². The van der Waals surface area contributed by atoms with Crippen molar-refractivity contribution in [3.8, 4) is 0 Å². The highest BCUT2D eigenvalue weighted by molar-refractivity contribution is 9.10. The van der Waals surface area contributed by atoms with Gasteiger partial charge in [0.2, 0.25) is 0 Å². The number of rotatable bonds is 4. The van der Waals surface area contributed by atoms with E-state index in [9.17, 15) is 4.39 Å². The van der Waals surface area contributed by atoms with E-state index >= 15 is 0 Å². The molecule has 0 spiro atoms. The number of halogens is 2. The van der Waals surface area contributed by atoms with Gasteiger partial charge in [0.05, 0.1) is 10.7 Å². The van der Waals surface area contributed by atoms with Crippen LogP contribution in [0.15, 0.2) is 35.1 Å². The number of H-pyrrole nitrogens is 1. The molecule has 1 heterocycles. The van der Waals surface area contributed by atoms with Crippen LogP contribution in [0.4, 0.5) is 4.39 Å². The van der Waals surface area contributed by atoms with Gasteiger partial charge in [-0.1, -0.05) is 6.07 Å². The van der Waals surface area contributed by atoms with Crippen LogP contribution in [0, 0.1) is 5.82 Å². The average molecular weight is 298 g/mol. The van der Waals surface area contributed by atoms with Gasteiger partial charge in [-0.15, -0.1) is 0 Å². The minimum atomic E-state index is -0.240. The summed E-state index contributed by atoms with van der Waals surface area (Å²) in [7, 11) is 0. The molecule has 0 aliphatic carbocycles. The normalized spacial score (nSPS) is 12.6. The van der Waals surface area contributed by atoms with Crippen molar-refractivity contribution in [2.45, 2.75) is 19.5 Å². The summed E-state index contributed by atoms with van der Waals surface area (Å²) in [5.74, 6) is -0.240. The van der Waals surface area contributed by atoms with Crippen molar-refractivity contribution in [2.75, 3.05) is 0 Å². The first-order valence-electron chi connectivity index (χ1n) is 5.33. The molecule has 0 saturated carbocycles. The van der Waals surface area contributed by atoms with Crippen molar-refractivity contribution in [1.82, 2.24) is 15.5 Å². The maximum atomic E-state index is 13.1. The van der Waals surface area contributed by atoms with Gasteiger partial charge in [-0.2, -0.15) is 5.10 Å². The molecule has 1 unspecified atom stereocenters. The molecule has 0 fully saturated rings. The Morgan fingerprint density at radius 2 is 2.35 bits per heavy atom. The molecule has 0 radical (unpaired) electrons. The van der Waals surface area contributed by atoms with Gasteiger partial charge in [0.15, 0.2) is 0 Å². The molecule has 90 valence electrons. The van der Waals surface area contributed by atoms with E-state index in [-0.39, 0.29) is 11.9 Å². The Kier molecular flexibility index (Phi) is 3.91. The van der Waals surface area contributed by atoms with Crippen LogP contribution in [-0.2, 0) is 6.54 Å². The van der Waals surface area contributed by atoms with Crippen molar-refractivity contribution in [3.05, 3.63) is 52.0 Å². The molecule has 2 N–H and O–H groups in total. The summed E-state index contributed by atoms with van der Waals surface area (Å²) in [6.07, 6.45) is 3.63. The SMILES string of the molecule is CC(NCc1cn[nH]c1)c1ccc(F)c(Br)c1. The van der Waals surface area contributed by atoms with Crippen LogP contribution in [0.1, 0.15) is 24.1 Å². The Balaban J connectivity index is 1.99. The van der Waals surface area contributed by atoms with Crippen LogP contribution in [-0.4, -0.2) is 10.2 Å². The third kappa shape index (κ3) is 3.14. The van der Waals surface area contributed by atoms with Gasteiger partial charge in [0, 0.05) is 24.3 Å². The van der Waals surface area contributed by atoms with Crippen molar-refractivity contribution in [3.63, 3.8) is 0 Å². The predicted octanol–water partition coefficient (Wildman–Crippen LogP) is 3.16. The van der Waals surface area contributed by atoms with Gasteiger partial charge in [0.1, 0.15) is 5.82 Å². The highest BCUT2D eigenvalue weighted by Gasteiger charge is 2.07. The number of nitrogens with one attached hydrogen (secondary N) is 2. The second kappa shape index (κ2) is 5.42. The third-order valence-electron chi connectivity index (χ3n) is 2.61. The minimum Gasteiger partial charge on any atom is -0.306 e. The number of hydrogen-bond acceptors (Lipinski definition) is 2. The quantitative estimate of drug-likeness (QED) is 0.910. The van der Waals surface area contributed by atoms with E-state index in [0.717, 1.165) is 17.7 Å². The van der Waals surface area contributed by atoms with Crippen LogP contribution >= 0.6 is 15.9 Å². The minimum absolute atomic E-state index is 0.154. The largest absolute Gasteiger partial charge is 0.306 e. The molecular formula is C12H13BrFN3. The van der Waals surface area contributed by atoms with E-state index in [2.05, 4.69) is 31.4 Å². The Labute approximate surface area is 108 Å². The Bertz CT molecular complexity index is 485. The fourth-order valence-corrected chi connectivity index (χ4v) is 1.94. The third-order valence-corrected chi connectivity index (χ3v) is 3.22. The van der Waals surface area contributed by atoms with Crippen LogP contribution in [0.5, 0.6) is 0 Å². The van der Waals surface area contributed by atoms with Gasteiger partial charge < -0.3 is 5.32 Å². The summed E-state index contributed by atoms with van der Waals surface area (Å²) in [5.41, 5.74) is 2.14. The van der Waals surface area contributed by atoms with E-state index in [1.54, 1.807) is 18.3 Å². The predicted molar refractivity (Wildman–Crippen MR) is 67.9 cm³/mol. The molecule has 1 aromatic heterocycles. The maximum absolute atomic E-state index is 13.1. The Morgan fingerprint density at radius 3 is 3.00 bits per heavy atom. The average Bonchev–Trinajstić information content (AvgIpc) is 2.82. The van der Waals surface area contributed by atoms with E-state index < -0.39 is 0 Å². The van der Waals surface area contributed by atoms with Crippen molar-refractivity contribution < 1.29 is 4.39 Å². The molecule has 0 amide bonds. The van der Waals surface area contributed by atoms with Crippen LogP contribution in [0.2, 0.25) is 0 Å². The van der Waals surface area contributed by atoms with Crippen LogP contribution in [0.3, 0.4) is 0 Å². The fourth-order valence-electron chi connectivity index (χ4n) is 1.54. The van der Waals surface area contributed by atoms with Gasteiger partial charge in [-0.05, 0) is 40.5 Å². The molecule has 17 heavy (non-hydrogen) atoms. The molecular weight excluding hydrogens is 285 g/mol. The molecule has 2 aromatic rings. The smallest absolute Gasteiger partial charge is 0.137 e. The molecule has 1 aromatic carbocycles. The van der Waals surface area contributed by atoms with Crippen molar-refractivity contribution in [2.24, 2.45) is 0 Å². The number of aromatic nitrogens is 2. The highest BCUT2D eigenvalue weighted by Crippen LogP contribution is 2.21. The van der Waals surface area contributed by atoms with Gasteiger partial charge >= 0.3 is 0 Å². The molecule has 0 bridgehead atoms. The summed E-state index contributed by atoms with van der Waals surface area (Å²) in [5, 5.41) is 9.98. The maximum Gasteiger partial charge on any atom is 0.137 e. The van der Waals surface area contributed by atoms with Gasteiger partial charge in [-0.3, -0.25) is 5.10 Å². The zero-order chi connectivity index (χ0) is 12.3. The first-order valence-corrected chi connectivity index (χ1v) is 6.12. The van der Waals surface area contributed by atoms with E-state index in [0.29, 0.717) is 4.47 Å². The van der Waals surface area contributed by atoms with Crippen molar-refractivity contribution >= 4 is 15.9 Å². The second-order valence-electron chi connectivity index (χ2n) is 3.88. The number of hydrogen-bond donors (Lipinski definition) is 2. The lowest BCUT2D eigenvalue weighted by atomic mass is 10.1. The lowest BCUT2D eigenvalue weighted by Crippen LogP contribution is -2.17. The molecule has 5 heteroatoms. The summed E-state index contributed by atoms with van der Waals surface area (Å²) in [4.78, 5) is 0. The molecule has 1 atom stereocenters. The van der Waals surface area contributed by atoms with E-state index in [1.165, 1.54) is 6.07 Å². The molecule has 0 saturated heterocycles. The lowest BCUT2D eigenvalue weighted by molar-refractivity contribution is 0.570. The van der Waals surface area contributed by atoms with Crippen LogP contribution < -0.4 is 5.32 Å². The van der Waals surface area contributed by atoms with Gasteiger partial charge in [-0.25, -0.2) is 4.39 Å². The molecule has 0 aliphatic heterocycles. The summed E-state index contributed by atoms with van der Waals surface area (Å²) >= 11 is 3.19. The first kappa shape index (κ1) is 12.3. The van der Waals surface area contributed by atoms with Crippen molar-refractivity contribution in [1.29, 1.82) is 0 Å². The fraction of sp³-hybridized carbons (Fsp3) is 0.250. The number of nitrogens with zero attached hydrogens (tertiary/aromatic N) is 1. The molecule has 2 rings (SSSR count). The lowest BCUT2D eigenvalue weighted by Gasteiger charge is -2.14. The zero-order valence-corrected chi connectivity index (χ0v) is 11.0. The second-order valence-corrected chi connectivity index (χ2v) is 4.74.